The first-order valence-corrected chi connectivity index (χ1v) is 10.5. The molecule has 0 rings (SSSR count). The summed E-state index contributed by atoms with van der Waals surface area (Å²) < 4.78 is 21.5. The van der Waals surface area contributed by atoms with Crippen LogP contribution >= 0.6 is 0 Å². The number of hydrogen-bond donors (Lipinski definition) is 2. The molecule has 2 N–H and O–H groups in total. The van der Waals surface area contributed by atoms with Crippen molar-refractivity contribution in [2.45, 2.75) is 52.4 Å². The first kappa shape index (κ1) is 26.8. The Hall–Kier alpha value is -1.22. The van der Waals surface area contributed by atoms with E-state index in [0.29, 0.717) is 78.8 Å². The quantitative estimate of drug-likeness (QED) is 0.283. The lowest BCUT2D eigenvalue weighted by molar-refractivity contribution is -0.122. The fraction of sp³-hybridized carbons (Fsp3) is 0.900. The van der Waals surface area contributed by atoms with Gasteiger partial charge in [-0.05, 0) is 13.3 Å². The number of hydrogen-bond acceptors (Lipinski definition) is 6. The molecule has 0 aromatic heterocycles. The van der Waals surface area contributed by atoms with Crippen LogP contribution in [-0.2, 0) is 28.5 Å². The minimum atomic E-state index is 0.00354. The van der Waals surface area contributed by atoms with Crippen molar-refractivity contribution < 1.29 is 28.5 Å². The van der Waals surface area contributed by atoms with E-state index in [0.717, 1.165) is 12.8 Å². The molecule has 0 saturated heterocycles. The van der Waals surface area contributed by atoms with E-state index in [1.165, 1.54) is 12.8 Å². The summed E-state index contributed by atoms with van der Waals surface area (Å²) in [5, 5.41) is 5.57. The van der Waals surface area contributed by atoms with E-state index >= 15 is 0 Å². The SMILES string of the molecule is CCCCCCC(=O)NCCOCCOCCOCCOCCC(=O)NCC. The minimum absolute atomic E-state index is 0.00354. The third-order valence-corrected chi connectivity index (χ3v) is 3.79. The summed E-state index contributed by atoms with van der Waals surface area (Å²) in [6.45, 7) is 9.05. The van der Waals surface area contributed by atoms with Gasteiger partial charge in [-0.15, -0.1) is 0 Å². The van der Waals surface area contributed by atoms with Crippen molar-refractivity contribution in [3.63, 3.8) is 0 Å². The van der Waals surface area contributed by atoms with Gasteiger partial charge in [-0.25, -0.2) is 0 Å². The molecule has 0 atom stereocenters. The van der Waals surface area contributed by atoms with Crippen LogP contribution in [0.2, 0.25) is 0 Å². The van der Waals surface area contributed by atoms with Crippen molar-refractivity contribution >= 4 is 11.8 Å². The lowest BCUT2D eigenvalue weighted by Gasteiger charge is -2.08. The molecule has 0 saturated carbocycles. The zero-order valence-corrected chi connectivity index (χ0v) is 17.8. The van der Waals surface area contributed by atoms with Crippen LogP contribution in [0.25, 0.3) is 0 Å². The number of unbranched alkanes of at least 4 members (excludes halogenated alkanes) is 3. The summed E-state index contributed by atoms with van der Waals surface area (Å²) in [4.78, 5) is 22.7. The van der Waals surface area contributed by atoms with Crippen molar-refractivity contribution in [1.29, 1.82) is 0 Å². The smallest absolute Gasteiger partial charge is 0.222 e. The first-order chi connectivity index (χ1) is 13.7. The molecule has 2 amide bonds. The lowest BCUT2D eigenvalue weighted by Crippen LogP contribution is -2.27. The number of carbonyl (C=O) groups excluding carboxylic acids is 2. The average molecular weight is 405 g/mol. The molecule has 0 aromatic carbocycles. The van der Waals surface area contributed by atoms with Crippen molar-refractivity contribution in [3.05, 3.63) is 0 Å². The maximum atomic E-state index is 11.5. The van der Waals surface area contributed by atoms with Crippen molar-refractivity contribution in [2.75, 3.05) is 65.9 Å². The molecule has 28 heavy (non-hydrogen) atoms. The molecule has 0 radical (unpaired) electrons. The number of nitrogens with one attached hydrogen (secondary N) is 2. The van der Waals surface area contributed by atoms with Crippen LogP contribution < -0.4 is 10.6 Å². The van der Waals surface area contributed by atoms with Crippen LogP contribution in [0.15, 0.2) is 0 Å². The fourth-order valence-electron chi connectivity index (χ4n) is 2.28. The molecule has 0 fully saturated rings. The Bertz CT molecular complexity index is 369. The van der Waals surface area contributed by atoms with Gasteiger partial charge in [-0.2, -0.15) is 0 Å². The fourth-order valence-corrected chi connectivity index (χ4v) is 2.28. The Balaban J connectivity index is 3.14. The van der Waals surface area contributed by atoms with Gasteiger partial charge >= 0.3 is 0 Å². The molecule has 0 aliphatic rings. The zero-order chi connectivity index (χ0) is 20.7. The second-order valence-electron chi connectivity index (χ2n) is 6.31. The Morgan fingerprint density at radius 1 is 0.607 bits per heavy atom. The molecule has 166 valence electrons. The van der Waals surface area contributed by atoms with Gasteiger partial charge in [0.15, 0.2) is 0 Å². The van der Waals surface area contributed by atoms with Gasteiger partial charge in [0.25, 0.3) is 0 Å². The zero-order valence-electron chi connectivity index (χ0n) is 17.8. The third-order valence-electron chi connectivity index (χ3n) is 3.79. The summed E-state index contributed by atoms with van der Waals surface area (Å²) in [6.07, 6.45) is 5.42. The molecule has 0 unspecified atom stereocenters. The highest BCUT2D eigenvalue weighted by Gasteiger charge is 2.00. The Labute approximate surface area is 170 Å². The largest absolute Gasteiger partial charge is 0.379 e. The second-order valence-corrected chi connectivity index (χ2v) is 6.31. The minimum Gasteiger partial charge on any atom is -0.379 e. The van der Waals surface area contributed by atoms with E-state index in [2.05, 4.69) is 17.6 Å². The highest BCUT2D eigenvalue weighted by atomic mass is 16.6. The van der Waals surface area contributed by atoms with Crippen LogP contribution in [-0.4, -0.2) is 77.8 Å². The molecule has 0 bridgehead atoms. The van der Waals surface area contributed by atoms with Crippen LogP contribution in [0, 0.1) is 0 Å². The summed E-state index contributed by atoms with van der Waals surface area (Å²) >= 11 is 0. The van der Waals surface area contributed by atoms with Crippen LogP contribution in [0.1, 0.15) is 52.4 Å². The van der Waals surface area contributed by atoms with Gasteiger partial charge in [0.1, 0.15) is 0 Å². The monoisotopic (exact) mass is 404 g/mol. The Kier molecular flexibility index (Phi) is 21.1. The standard InChI is InChI=1S/C20H40N2O6/c1-3-5-6-7-8-19(23)22-10-12-26-14-16-28-18-17-27-15-13-25-11-9-20(24)21-4-2/h3-18H2,1-2H3,(H,21,24)(H,22,23). The van der Waals surface area contributed by atoms with Crippen molar-refractivity contribution in [2.24, 2.45) is 0 Å². The molecule has 8 nitrogen and oxygen atoms in total. The maximum Gasteiger partial charge on any atom is 0.222 e. The van der Waals surface area contributed by atoms with Gasteiger partial charge < -0.3 is 29.6 Å². The van der Waals surface area contributed by atoms with Gasteiger partial charge in [-0.1, -0.05) is 26.2 Å². The Morgan fingerprint density at radius 2 is 1.14 bits per heavy atom. The number of rotatable bonds is 21. The summed E-state index contributed by atoms with van der Waals surface area (Å²) in [6, 6.07) is 0. The van der Waals surface area contributed by atoms with Gasteiger partial charge in [0.05, 0.1) is 52.9 Å². The average Bonchev–Trinajstić information content (AvgIpc) is 2.68. The molecule has 0 spiro atoms. The predicted molar refractivity (Wildman–Crippen MR) is 108 cm³/mol. The second kappa shape index (κ2) is 22.1. The predicted octanol–water partition coefficient (Wildman–Crippen LogP) is 1.67. The van der Waals surface area contributed by atoms with E-state index in [4.69, 9.17) is 18.9 Å². The third kappa shape index (κ3) is 21.1. The molecular formula is C20H40N2O6. The first-order valence-electron chi connectivity index (χ1n) is 10.5. The van der Waals surface area contributed by atoms with Crippen LogP contribution in [0.5, 0.6) is 0 Å². The molecule has 0 aromatic rings. The number of amides is 2. The summed E-state index contributed by atoms with van der Waals surface area (Å²) in [5.74, 6) is 0.102. The highest BCUT2D eigenvalue weighted by Crippen LogP contribution is 2.01. The molecule has 8 heteroatoms. The van der Waals surface area contributed by atoms with Gasteiger partial charge in [0.2, 0.25) is 11.8 Å². The number of carbonyl (C=O) groups is 2. The lowest BCUT2D eigenvalue weighted by atomic mass is 10.1. The van der Waals surface area contributed by atoms with Gasteiger partial charge in [0, 0.05) is 25.9 Å². The van der Waals surface area contributed by atoms with E-state index in [9.17, 15) is 9.59 Å². The van der Waals surface area contributed by atoms with Gasteiger partial charge in [-0.3, -0.25) is 9.59 Å². The normalized spacial score (nSPS) is 10.8. The summed E-state index contributed by atoms with van der Waals surface area (Å²) in [7, 11) is 0. The van der Waals surface area contributed by atoms with Crippen LogP contribution in [0.4, 0.5) is 0 Å². The molecule has 0 heterocycles. The van der Waals surface area contributed by atoms with E-state index in [1.54, 1.807) is 0 Å². The molecule has 0 aliphatic carbocycles. The highest BCUT2D eigenvalue weighted by molar-refractivity contribution is 5.76. The maximum absolute atomic E-state index is 11.5. The van der Waals surface area contributed by atoms with Crippen molar-refractivity contribution in [3.8, 4) is 0 Å². The topological polar surface area (TPSA) is 95.1 Å². The Morgan fingerprint density at radius 3 is 1.71 bits per heavy atom. The number of ether oxygens (including phenoxy) is 4. The van der Waals surface area contributed by atoms with E-state index < -0.39 is 0 Å². The van der Waals surface area contributed by atoms with Crippen molar-refractivity contribution in [1.82, 2.24) is 10.6 Å². The molecular weight excluding hydrogens is 364 g/mol. The molecule has 0 aliphatic heterocycles. The van der Waals surface area contributed by atoms with Crippen LogP contribution in [0.3, 0.4) is 0 Å². The summed E-state index contributed by atoms with van der Waals surface area (Å²) in [5.41, 5.74) is 0. The van der Waals surface area contributed by atoms with E-state index in [-0.39, 0.29) is 11.8 Å². The van der Waals surface area contributed by atoms with E-state index in [1.807, 2.05) is 6.92 Å².